The number of benzene rings is 1. The summed E-state index contributed by atoms with van der Waals surface area (Å²) in [5.41, 5.74) is 9.32. The summed E-state index contributed by atoms with van der Waals surface area (Å²) in [6.07, 6.45) is 9.22. The number of para-hydroxylation sites is 1. The van der Waals surface area contributed by atoms with Gasteiger partial charge in [0.25, 0.3) is 5.91 Å². The predicted molar refractivity (Wildman–Crippen MR) is 141 cm³/mol. The van der Waals surface area contributed by atoms with E-state index in [9.17, 15) is 14.7 Å². The minimum atomic E-state index is -0.334. The SMILES string of the molecule is Cc1ccccc1OC1CCC(CCC(=O)CN=C2CCC/C2=C(/N)C(=O)N2CCC(O)CC2)CC1. The highest BCUT2D eigenvalue weighted by atomic mass is 16.5. The Morgan fingerprint density at radius 3 is 2.53 bits per heavy atom. The van der Waals surface area contributed by atoms with Gasteiger partial charge in [-0.3, -0.25) is 14.6 Å². The molecular weight excluding hydrogens is 454 g/mol. The number of carbonyl (C=O) groups is 2. The van der Waals surface area contributed by atoms with Gasteiger partial charge in [-0.1, -0.05) is 18.2 Å². The van der Waals surface area contributed by atoms with Crippen LogP contribution in [0.2, 0.25) is 0 Å². The van der Waals surface area contributed by atoms with Crippen molar-refractivity contribution in [1.29, 1.82) is 0 Å². The minimum absolute atomic E-state index is 0.155. The summed E-state index contributed by atoms with van der Waals surface area (Å²) in [6, 6.07) is 8.16. The van der Waals surface area contributed by atoms with E-state index in [1.54, 1.807) is 4.90 Å². The van der Waals surface area contributed by atoms with E-state index in [2.05, 4.69) is 18.0 Å². The van der Waals surface area contributed by atoms with E-state index in [1.807, 2.05) is 18.2 Å². The molecule has 1 amide bonds. The monoisotopic (exact) mass is 495 g/mol. The molecule has 7 nitrogen and oxygen atoms in total. The first-order valence-electron chi connectivity index (χ1n) is 13.6. The highest BCUT2D eigenvalue weighted by Gasteiger charge is 2.28. The zero-order valence-corrected chi connectivity index (χ0v) is 21.6. The number of nitrogens with zero attached hydrogens (tertiary/aromatic N) is 2. The van der Waals surface area contributed by atoms with Crippen molar-refractivity contribution in [2.45, 2.75) is 89.8 Å². The molecule has 3 aliphatic rings. The van der Waals surface area contributed by atoms with Crippen molar-refractivity contribution in [3.05, 3.63) is 41.1 Å². The average molecular weight is 496 g/mol. The Morgan fingerprint density at radius 1 is 1.08 bits per heavy atom. The molecule has 0 unspecified atom stereocenters. The fourth-order valence-corrected chi connectivity index (χ4v) is 5.60. The maximum absolute atomic E-state index is 12.8. The Hall–Kier alpha value is -2.67. The molecule has 0 radical (unpaired) electrons. The van der Waals surface area contributed by atoms with Crippen LogP contribution in [0.4, 0.5) is 0 Å². The van der Waals surface area contributed by atoms with Gasteiger partial charge >= 0.3 is 0 Å². The molecule has 0 aromatic heterocycles. The summed E-state index contributed by atoms with van der Waals surface area (Å²) >= 11 is 0. The third-order valence-corrected chi connectivity index (χ3v) is 7.95. The number of hydrogen-bond donors (Lipinski definition) is 2. The Balaban J connectivity index is 1.21. The molecule has 1 heterocycles. The Labute approximate surface area is 214 Å². The first-order chi connectivity index (χ1) is 17.4. The number of amides is 1. The summed E-state index contributed by atoms with van der Waals surface area (Å²) in [4.78, 5) is 31.7. The third kappa shape index (κ3) is 6.96. The van der Waals surface area contributed by atoms with Crippen LogP contribution in [0.5, 0.6) is 5.75 Å². The number of aryl methyl sites for hydroxylation is 1. The first kappa shape index (κ1) is 26.4. The number of allylic oxidation sites excluding steroid dienone is 1. The number of nitrogens with two attached hydrogens (primary N) is 1. The van der Waals surface area contributed by atoms with Gasteiger partial charge in [0.2, 0.25) is 0 Å². The number of ketones is 1. The second-order valence-corrected chi connectivity index (χ2v) is 10.6. The zero-order valence-electron chi connectivity index (χ0n) is 21.6. The van der Waals surface area contributed by atoms with Gasteiger partial charge in [0.05, 0.1) is 18.8 Å². The van der Waals surface area contributed by atoms with Crippen LogP contribution in [0.3, 0.4) is 0 Å². The fourth-order valence-electron chi connectivity index (χ4n) is 5.60. The van der Waals surface area contributed by atoms with Crippen molar-refractivity contribution < 1.29 is 19.4 Å². The fraction of sp³-hybridized carbons (Fsp3) is 0.621. The van der Waals surface area contributed by atoms with E-state index < -0.39 is 0 Å². The molecule has 3 N–H and O–H groups in total. The Bertz CT molecular complexity index is 986. The normalized spacial score (nSPS) is 25.7. The van der Waals surface area contributed by atoms with Gasteiger partial charge in [-0.15, -0.1) is 0 Å². The van der Waals surface area contributed by atoms with E-state index in [1.165, 1.54) is 5.56 Å². The van der Waals surface area contributed by atoms with Crippen LogP contribution >= 0.6 is 0 Å². The van der Waals surface area contributed by atoms with Crippen molar-refractivity contribution in [3.8, 4) is 5.75 Å². The molecule has 0 bridgehead atoms. The van der Waals surface area contributed by atoms with Crippen molar-refractivity contribution in [2.75, 3.05) is 19.6 Å². The number of ether oxygens (including phenoxy) is 1. The number of aliphatic imine (C=N–C) groups is 1. The summed E-state index contributed by atoms with van der Waals surface area (Å²) in [5, 5.41) is 9.69. The average Bonchev–Trinajstić information content (AvgIpc) is 3.36. The predicted octanol–water partition coefficient (Wildman–Crippen LogP) is 4.10. The maximum Gasteiger partial charge on any atom is 0.270 e. The van der Waals surface area contributed by atoms with Gasteiger partial charge < -0.3 is 20.5 Å². The second-order valence-electron chi connectivity index (χ2n) is 10.6. The van der Waals surface area contributed by atoms with Crippen LogP contribution in [0.15, 0.2) is 40.5 Å². The van der Waals surface area contributed by atoms with E-state index in [0.29, 0.717) is 38.3 Å². The third-order valence-electron chi connectivity index (χ3n) is 7.95. The number of Topliss-reactive ketones (excluding diaryl/α,β-unsaturated/α-hetero) is 1. The molecule has 4 rings (SSSR count). The summed E-state index contributed by atoms with van der Waals surface area (Å²) in [5.74, 6) is 1.53. The smallest absolute Gasteiger partial charge is 0.270 e. The molecule has 0 spiro atoms. The van der Waals surface area contributed by atoms with E-state index in [-0.39, 0.29) is 36.1 Å². The molecule has 1 saturated heterocycles. The molecule has 1 aliphatic heterocycles. The van der Waals surface area contributed by atoms with Crippen molar-refractivity contribution in [1.82, 2.24) is 4.90 Å². The van der Waals surface area contributed by atoms with Gasteiger partial charge in [0.1, 0.15) is 11.4 Å². The van der Waals surface area contributed by atoms with Crippen molar-refractivity contribution in [2.24, 2.45) is 16.6 Å². The van der Waals surface area contributed by atoms with Crippen molar-refractivity contribution >= 4 is 17.4 Å². The quantitative estimate of drug-likeness (QED) is 0.528. The summed E-state index contributed by atoms with van der Waals surface area (Å²) in [7, 11) is 0. The lowest BCUT2D eigenvalue weighted by molar-refractivity contribution is -0.129. The molecule has 2 saturated carbocycles. The number of aliphatic hydroxyl groups excluding tert-OH is 1. The summed E-state index contributed by atoms with van der Waals surface area (Å²) in [6.45, 7) is 3.30. The lowest BCUT2D eigenvalue weighted by Gasteiger charge is -2.30. The van der Waals surface area contributed by atoms with Gasteiger partial charge in [0, 0.05) is 30.8 Å². The van der Waals surface area contributed by atoms with Crippen molar-refractivity contribution in [3.63, 3.8) is 0 Å². The topological polar surface area (TPSA) is 105 Å². The minimum Gasteiger partial charge on any atom is -0.490 e. The van der Waals surface area contributed by atoms with Crippen LogP contribution in [0.1, 0.15) is 76.2 Å². The number of rotatable bonds is 8. The zero-order chi connectivity index (χ0) is 25.5. The van der Waals surface area contributed by atoms with Crippen LogP contribution in [0.25, 0.3) is 0 Å². The number of aliphatic hydroxyl groups is 1. The van der Waals surface area contributed by atoms with Crippen LogP contribution in [-0.4, -0.2) is 59.3 Å². The second kappa shape index (κ2) is 12.5. The standard InChI is InChI=1S/C29H41N3O4/c1-20-5-2-3-8-27(20)36-24-13-10-21(11-14-24)9-12-23(34)19-31-26-7-4-6-25(26)28(30)29(35)32-17-15-22(33)16-18-32/h2-3,5,8,21-22,24,33H,4,6-7,9-19,30H2,1H3/b28-25-,31-26?. The van der Waals surface area contributed by atoms with Gasteiger partial charge in [-0.05, 0) is 88.7 Å². The lowest BCUT2D eigenvalue weighted by atomic mass is 9.84. The highest BCUT2D eigenvalue weighted by Crippen LogP contribution is 2.31. The number of hydrogen-bond acceptors (Lipinski definition) is 6. The Morgan fingerprint density at radius 2 is 1.81 bits per heavy atom. The van der Waals surface area contributed by atoms with Gasteiger partial charge in [0.15, 0.2) is 5.78 Å². The molecule has 3 fully saturated rings. The Kier molecular flexibility index (Phi) is 9.19. The molecular formula is C29H41N3O4. The molecule has 7 heteroatoms. The molecule has 1 aromatic carbocycles. The lowest BCUT2D eigenvalue weighted by Crippen LogP contribution is -2.42. The van der Waals surface area contributed by atoms with E-state index in [0.717, 1.165) is 68.4 Å². The number of likely N-dealkylation sites (tertiary alicyclic amines) is 1. The summed E-state index contributed by atoms with van der Waals surface area (Å²) < 4.78 is 6.21. The first-order valence-corrected chi connectivity index (χ1v) is 13.6. The van der Waals surface area contributed by atoms with E-state index >= 15 is 0 Å². The van der Waals surface area contributed by atoms with Crippen LogP contribution < -0.4 is 10.5 Å². The maximum atomic E-state index is 12.8. The van der Waals surface area contributed by atoms with Gasteiger partial charge in [-0.2, -0.15) is 0 Å². The molecule has 196 valence electrons. The molecule has 1 aromatic rings. The highest BCUT2D eigenvalue weighted by molar-refractivity contribution is 6.09. The largest absolute Gasteiger partial charge is 0.490 e. The number of carbonyl (C=O) groups excluding carboxylic acids is 2. The molecule has 0 atom stereocenters. The van der Waals surface area contributed by atoms with Gasteiger partial charge in [-0.25, -0.2) is 0 Å². The van der Waals surface area contributed by atoms with Crippen LogP contribution in [-0.2, 0) is 9.59 Å². The molecule has 36 heavy (non-hydrogen) atoms. The number of piperidine rings is 1. The van der Waals surface area contributed by atoms with Crippen LogP contribution in [0, 0.1) is 12.8 Å². The molecule has 2 aliphatic carbocycles. The van der Waals surface area contributed by atoms with E-state index in [4.69, 9.17) is 10.5 Å².